The molecule has 2 N–H and O–H groups in total. The lowest BCUT2D eigenvalue weighted by Crippen LogP contribution is -2.16. The van der Waals surface area contributed by atoms with E-state index in [2.05, 4.69) is 5.32 Å². The van der Waals surface area contributed by atoms with Gasteiger partial charge in [-0.3, -0.25) is 4.79 Å². The lowest BCUT2D eigenvalue weighted by molar-refractivity contribution is -0.137. The molecule has 0 aromatic heterocycles. The summed E-state index contributed by atoms with van der Waals surface area (Å²) in [7, 11) is 0. The van der Waals surface area contributed by atoms with Crippen molar-refractivity contribution in [2.45, 2.75) is 25.6 Å². The zero-order valence-electron chi connectivity index (χ0n) is 14.3. The van der Waals surface area contributed by atoms with Crippen LogP contribution >= 0.6 is 0 Å². The maximum absolute atomic E-state index is 13.8. The summed E-state index contributed by atoms with van der Waals surface area (Å²) >= 11 is 0. The molecule has 1 amide bonds. The number of carbonyl (C=O) groups is 2. The van der Waals surface area contributed by atoms with E-state index in [1.54, 1.807) is 0 Å². The van der Waals surface area contributed by atoms with Crippen molar-refractivity contribution in [3.05, 3.63) is 58.9 Å². The number of ether oxygens (including phenoxy) is 1. The number of nitrogens with one attached hydrogen (secondary N) is 1. The third-order valence-electron chi connectivity index (χ3n) is 4.17. The molecule has 1 saturated carbocycles. The van der Waals surface area contributed by atoms with Crippen molar-refractivity contribution in [2.75, 3.05) is 5.32 Å². The highest BCUT2D eigenvalue weighted by molar-refractivity contribution is 6.01. The molecule has 2 aromatic rings. The first-order chi connectivity index (χ1) is 13.1. The number of carbonyl (C=O) groups excluding carboxylic acids is 1. The largest absolute Gasteiger partial charge is 0.486 e. The molecule has 0 spiro atoms. The van der Waals surface area contributed by atoms with E-state index in [1.807, 2.05) is 0 Å². The lowest BCUT2D eigenvalue weighted by Gasteiger charge is -2.12. The number of aromatic carboxylic acids is 1. The van der Waals surface area contributed by atoms with Crippen LogP contribution < -0.4 is 10.1 Å². The molecule has 9 heteroatoms. The topological polar surface area (TPSA) is 75.6 Å². The quantitative estimate of drug-likeness (QED) is 0.706. The van der Waals surface area contributed by atoms with Crippen LogP contribution in [-0.2, 0) is 17.6 Å². The van der Waals surface area contributed by atoms with Crippen LogP contribution in [0.25, 0.3) is 0 Å². The second kappa shape index (κ2) is 7.49. The monoisotopic (exact) mass is 397 g/mol. The van der Waals surface area contributed by atoms with Crippen molar-refractivity contribution in [1.82, 2.24) is 0 Å². The van der Waals surface area contributed by atoms with Gasteiger partial charge in [0.2, 0.25) is 5.91 Å². The van der Waals surface area contributed by atoms with Gasteiger partial charge in [0.05, 0.1) is 16.8 Å². The van der Waals surface area contributed by atoms with Crippen LogP contribution in [0.4, 0.5) is 23.2 Å². The Bertz CT molecular complexity index is 923. The van der Waals surface area contributed by atoms with E-state index in [0.717, 1.165) is 18.9 Å². The molecule has 0 heterocycles. The number of carboxylic acids is 1. The number of rotatable bonds is 6. The molecular formula is C19H15F4NO4. The predicted octanol–water partition coefficient (Wildman–Crippen LogP) is 4.47. The number of halogens is 4. The highest BCUT2D eigenvalue weighted by atomic mass is 19.4. The number of anilines is 1. The Morgan fingerprint density at radius 1 is 1.14 bits per heavy atom. The molecule has 0 atom stereocenters. The Balaban J connectivity index is 1.73. The summed E-state index contributed by atoms with van der Waals surface area (Å²) in [6.07, 6.45) is -3.14. The van der Waals surface area contributed by atoms with Crippen molar-refractivity contribution in [3.8, 4) is 5.75 Å². The highest BCUT2D eigenvalue weighted by Crippen LogP contribution is 2.33. The van der Waals surface area contributed by atoms with Crippen LogP contribution in [0.1, 0.15) is 34.3 Å². The Kier molecular flexibility index (Phi) is 5.26. The first-order valence-corrected chi connectivity index (χ1v) is 8.32. The fourth-order valence-electron chi connectivity index (χ4n) is 2.50. The van der Waals surface area contributed by atoms with Crippen molar-refractivity contribution in [3.63, 3.8) is 0 Å². The number of alkyl halides is 3. The average Bonchev–Trinajstić information content (AvgIpc) is 3.45. The minimum atomic E-state index is -4.67. The van der Waals surface area contributed by atoms with Gasteiger partial charge in [-0.1, -0.05) is 6.07 Å². The third kappa shape index (κ3) is 4.59. The number of hydrogen-bond donors (Lipinski definition) is 2. The fourth-order valence-corrected chi connectivity index (χ4v) is 2.50. The molecule has 0 unspecified atom stereocenters. The van der Waals surface area contributed by atoms with Gasteiger partial charge >= 0.3 is 12.1 Å². The SMILES string of the molecule is O=C(O)c1cc(COc2ccc(C(F)(F)F)cc2F)ccc1NC(=O)C1CC1. The minimum Gasteiger partial charge on any atom is -0.486 e. The van der Waals surface area contributed by atoms with Crippen molar-refractivity contribution in [1.29, 1.82) is 0 Å². The fraction of sp³-hybridized carbons (Fsp3) is 0.263. The summed E-state index contributed by atoms with van der Waals surface area (Å²) in [4.78, 5) is 23.3. The van der Waals surface area contributed by atoms with Crippen molar-refractivity contribution >= 4 is 17.6 Å². The second-order valence-corrected chi connectivity index (χ2v) is 6.38. The van der Waals surface area contributed by atoms with Crippen LogP contribution in [0.3, 0.4) is 0 Å². The first kappa shape index (κ1) is 19.7. The van der Waals surface area contributed by atoms with Crippen molar-refractivity contribution < 1.29 is 37.0 Å². The number of carboxylic acid groups (broad SMARTS) is 1. The summed E-state index contributed by atoms with van der Waals surface area (Å²) in [5.74, 6) is -3.20. The van der Waals surface area contributed by atoms with Crippen molar-refractivity contribution in [2.24, 2.45) is 5.92 Å². The summed E-state index contributed by atoms with van der Waals surface area (Å²) in [6.45, 7) is -0.264. The Morgan fingerprint density at radius 2 is 1.86 bits per heavy atom. The van der Waals surface area contributed by atoms with Gasteiger partial charge in [-0.25, -0.2) is 9.18 Å². The maximum Gasteiger partial charge on any atom is 0.416 e. The van der Waals surface area contributed by atoms with Crippen LogP contribution in [0.5, 0.6) is 5.75 Å². The normalized spacial score (nSPS) is 13.9. The summed E-state index contributed by atoms with van der Waals surface area (Å²) in [5, 5.41) is 11.9. The van der Waals surface area contributed by atoms with Gasteiger partial charge in [0.1, 0.15) is 6.61 Å². The molecule has 2 aromatic carbocycles. The van der Waals surface area contributed by atoms with E-state index in [4.69, 9.17) is 4.74 Å². The van der Waals surface area contributed by atoms with E-state index < -0.39 is 29.3 Å². The van der Waals surface area contributed by atoms with E-state index in [1.165, 1.54) is 18.2 Å². The summed E-state index contributed by atoms with van der Waals surface area (Å²) in [5.41, 5.74) is -0.820. The summed E-state index contributed by atoms with van der Waals surface area (Å²) < 4.78 is 56.7. The highest BCUT2D eigenvalue weighted by Gasteiger charge is 2.32. The third-order valence-corrected chi connectivity index (χ3v) is 4.17. The Hall–Kier alpha value is -3.10. The maximum atomic E-state index is 13.8. The summed E-state index contributed by atoms with van der Waals surface area (Å²) in [6, 6.07) is 6.02. The van der Waals surface area contributed by atoms with Gasteiger partial charge in [0.25, 0.3) is 0 Å². The molecular weight excluding hydrogens is 382 g/mol. The zero-order chi connectivity index (χ0) is 20.5. The Morgan fingerprint density at radius 3 is 2.43 bits per heavy atom. The van der Waals surface area contributed by atoms with Gasteiger partial charge in [0, 0.05) is 5.92 Å². The van der Waals surface area contributed by atoms with Gasteiger partial charge in [-0.2, -0.15) is 13.2 Å². The van der Waals surface area contributed by atoms with Crippen LogP contribution in [-0.4, -0.2) is 17.0 Å². The second-order valence-electron chi connectivity index (χ2n) is 6.38. The van der Waals surface area contributed by atoms with E-state index in [9.17, 15) is 32.3 Å². The lowest BCUT2D eigenvalue weighted by atomic mass is 10.1. The van der Waals surface area contributed by atoms with Gasteiger partial charge in [-0.15, -0.1) is 0 Å². The van der Waals surface area contributed by atoms with E-state index >= 15 is 0 Å². The first-order valence-electron chi connectivity index (χ1n) is 8.32. The smallest absolute Gasteiger partial charge is 0.416 e. The molecule has 3 rings (SSSR count). The molecule has 5 nitrogen and oxygen atoms in total. The molecule has 0 aliphatic heterocycles. The van der Waals surface area contributed by atoms with E-state index in [0.29, 0.717) is 17.7 Å². The number of amides is 1. The molecule has 1 aliphatic carbocycles. The number of benzene rings is 2. The molecule has 1 aliphatic rings. The predicted molar refractivity (Wildman–Crippen MR) is 90.5 cm³/mol. The minimum absolute atomic E-state index is 0.104. The zero-order valence-corrected chi connectivity index (χ0v) is 14.3. The van der Waals surface area contributed by atoms with Crippen LogP contribution in [0.15, 0.2) is 36.4 Å². The van der Waals surface area contributed by atoms with Crippen LogP contribution in [0, 0.1) is 11.7 Å². The molecule has 148 valence electrons. The molecule has 28 heavy (non-hydrogen) atoms. The average molecular weight is 397 g/mol. The Labute approximate surface area is 156 Å². The molecule has 1 fully saturated rings. The standard InChI is InChI=1S/C19H15F4NO4/c20-14-8-12(19(21,22)23)4-6-16(14)28-9-10-1-5-15(13(7-10)18(26)27)24-17(25)11-2-3-11/h1,4-8,11H,2-3,9H2,(H,24,25)(H,26,27). The molecule has 0 bridgehead atoms. The van der Waals surface area contributed by atoms with Crippen LogP contribution in [0.2, 0.25) is 0 Å². The van der Waals surface area contributed by atoms with E-state index in [-0.39, 0.29) is 29.7 Å². The molecule has 0 radical (unpaired) electrons. The van der Waals surface area contributed by atoms with Gasteiger partial charge < -0.3 is 15.2 Å². The van der Waals surface area contributed by atoms with Gasteiger partial charge in [0.15, 0.2) is 11.6 Å². The number of hydrogen-bond acceptors (Lipinski definition) is 3. The molecule has 0 saturated heterocycles. The van der Waals surface area contributed by atoms with Gasteiger partial charge in [-0.05, 0) is 48.7 Å².